The molecule has 1 heterocycles. The summed E-state index contributed by atoms with van der Waals surface area (Å²) in [6, 6.07) is 3.33. The molecule has 7 heteroatoms. The highest BCUT2D eigenvalue weighted by Crippen LogP contribution is 2.42. The first-order valence-corrected chi connectivity index (χ1v) is 5.92. The molecule has 0 radical (unpaired) electrons. The van der Waals surface area contributed by atoms with Crippen molar-refractivity contribution >= 4 is 17.4 Å². The Hall–Kier alpha value is -2.31. The number of carbonyl (C=O) groups is 1. The summed E-state index contributed by atoms with van der Waals surface area (Å²) in [5.41, 5.74) is 5.27. The molecule has 2 rings (SSSR count). The molecule has 0 aliphatic heterocycles. The largest absolute Gasteiger partial charge is 0.481 e. The standard InChI is InChI=1S/C12H16N4O3/c1-19-9-4-3-8(7-14-9)15-11(17)12(5-2-6-12)10(13)16-18/h3-4,7,18H,2,5-6H2,1H3,(H2,13,16)(H,15,17). The number of nitrogens with one attached hydrogen (secondary N) is 1. The van der Waals surface area contributed by atoms with Gasteiger partial charge in [0.1, 0.15) is 5.41 Å². The van der Waals surface area contributed by atoms with Crippen molar-refractivity contribution in [2.24, 2.45) is 16.3 Å². The van der Waals surface area contributed by atoms with Crippen molar-refractivity contribution in [1.29, 1.82) is 0 Å². The maximum absolute atomic E-state index is 12.2. The second-order valence-corrected chi connectivity index (χ2v) is 4.46. The molecule has 1 aromatic rings. The number of nitrogens with two attached hydrogens (primary N) is 1. The number of nitrogens with zero attached hydrogens (tertiary/aromatic N) is 2. The van der Waals surface area contributed by atoms with Crippen LogP contribution in [0.1, 0.15) is 19.3 Å². The second kappa shape index (κ2) is 5.13. The molecular formula is C12H16N4O3. The topological polar surface area (TPSA) is 110 Å². The van der Waals surface area contributed by atoms with Gasteiger partial charge in [-0.2, -0.15) is 0 Å². The molecule has 1 aromatic heterocycles. The predicted molar refractivity (Wildman–Crippen MR) is 69.1 cm³/mol. The zero-order valence-corrected chi connectivity index (χ0v) is 10.6. The summed E-state index contributed by atoms with van der Waals surface area (Å²) in [4.78, 5) is 16.2. The van der Waals surface area contributed by atoms with Crippen LogP contribution in [0.2, 0.25) is 0 Å². The lowest BCUT2D eigenvalue weighted by molar-refractivity contribution is -0.125. The van der Waals surface area contributed by atoms with Crippen LogP contribution in [0.25, 0.3) is 0 Å². The molecule has 0 bridgehead atoms. The van der Waals surface area contributed by atoms with E-state index in [4.69, 9.17) is 15.7 Å². The number of pyridine rings is 1. The van der Waals surface area contributed by atoms with Gasteiger partial charge in [0.05, 0.1) is 19.0 Å². The molecule has 19 heavy (non-hydrogen) atoms. The summed E-state index contributed by atoms with van der Waals surface area (Å²) >= 11 is 0. The zero-order valence-electron chi connectivity index (χ0n) is 10.6. The Labute approximate surface area is 110 Å². The normalized spacial score (nSPS) is 17.4. The van der Waals surface area contributed by atoms with Crippen molar-refractivity contribution in [3.05, 3.63) is 18.3 Å². The minimum atomic E-state index is -0.894. The van der Waals surface area contributed by atoms with E-state index in [0.717, 1.165) is 6.42 Å². The lowest BCUT2D eigenvalue weighted by Gasteiger charge is -2.38. The molecule has 1 amide bonds. The molecule has 4 N–H and O–H groups in total. The van der Waals surface area contributed by atoms with Gasteiger partial charge in [0.15, 0.2) is 5.84 Å². The van der Waals surface area contributed by atoms with Gasteiger partial charge in [-0.05, 0) is 18.9 Å². The first-order valence-electron chi connectivity index (χ1n) is 5.92. The Bertz CT molecular complexity index is 494. The number of anilines is 1. The number of hydrogen-bond donors (Lipinski definition) is 3. The average molecular weight is 264 g/mol. The summed E-state index contributed by atoms with van der Waals surface area (Å²) < 4.78 is 4.93. The number of rotatable bonds is 4. The SMILES string of the molecule is COc1ccc(NC(=O)C2(/C(N)=N/O)CCC2)cn1. The van der Waals surface area contributed by atoms with Crippen LogP contribution < -0.4 is 15.8 Å². The number of methoxy groups -OCH3 is 1. The summed E-state index contributed by atoms with van der Waals surface area (Å²) in [7, 11) is 1.52. The monoisotopic (exact) mass is 264 g/mol. The van der Waals surface area contributed by atoms with Crippen molar-refractivity contribution in [3.63, 3.8) is 0 Å². The van der Waals surface area contributed by atoms with Gasteiger partial charge in [-0.15, -0.1) is 0 Å². The quantitative estimate of drug-likeness (QED) is 0.324. The first kappa shape index (κ1) is 13.1. The number of aromatic nitrogens is 1. The Morgan fingerprint density at radius 2 is 2.32 bits per heavy atom. The van der Waals surface area contributed by atoms with Crippen molar-refractivity contribution in [3.8, 4) is 5.88 Å². The number of hydrogen-bond acceptors (Lipinski definition) is 5. The van der Waals surface area contributed by atoms with E-state index in [0.29, 0.717) is 24.4 Å². The fourth-order valence-electron chi connectivity index (χ4n) is 2.05. The number of amidine groups is 1. The molecule has 0 aromatic carbocycles. The van der Waals surface area contributed by atoms with Gasteiger partial charge in [-0.3, -0.25) is 4.79 Å². The third-order valence-electron chi connectivity index (χ3n) is 3.44. The Kier molecular flexibility index (Phi) is 3.55. The van der Waals surface area contributed by atoms with Crippen molar-refractivity contribution in [2.45, 2.75) is 19.3 Å². The maximum atomic E-state index is 12.2. The third kappa shape index (κ3) is 2.31. The number of carbonyl (C=O) groups excluding carboxylic acids is 1. The second-order valence-electron chi connectivity index (χ2n) is 4.46. The van der Waals surface area contributed by atoms with E-state index in [-0.39, 0.29) is 11.7 Å². The molecule has 0 saturated heterocycles. The molecule has 0 unspecified atom stereocenters. The fraction of sp³-hybridized carbons (Fsp3) is 0.417. The lowest BCUT2D eigenvalue weighted by atomic mass is 9.67. The summed E-state index contributed by atoms with van der Waals surface area (Å²) in [5, 5.41) is 14.5. The minimum absolute atomic E-state index is 0.0438. The van der Waals surface area contributed by atoms with Gasteiger partial charge in [0.25, 0.3) is 0 Å². The first-order chi connectivity index (χ1) is 9.12. The summed E-state index contributed by atoms with van der Waals surface area (Å²) in [6.45, 7) is 0. The smallest absolute Gasteiger partial charge is 0.238 e. The highest BCUT2D eigenvalue weighted by molar-refractivity contribution is 6.12. The van der Waals surface area contributed by atoms with Crippen LogP contribution in [0, 0.1) is 5.41 Å². The predicted octanol–water partition coefficient (Wildman–Crippen LogP) is 0.945. The van der Waals surface area contributed by atoms with Gasteiger partial charge in [-0.1, -0.05) is 11.6 Å². The maximum Gasteiger partial charge on any atom is 0.238 e. The number of amides is 1. The van der Waals surface area contributed by atoms with Crippen LogP contribution in [-0.2, 0) is 4.79 Å². The Balaban J connectivity index is 2.11. The Morgan fingerprint density at radius 3 is 2.74 bits per heavy atom. The molecule has 7 nitrogen and oxygen atoms in total. The molecule has 1 saturated carbocycles. The van der Waals surface area contributed by atoms with E-state index in [2.05, 4.69) is 15.5 Å². The average Bonchev–Trinajstić information content (AvgIpc) is 2.38. The molecule has 0 atom stereocenters. The van der Waals surface area contributed by atoms with Gasteiger partial charge in [-0.25, -0.2) is 4.98 Å². The molecule has 0 spiro atoms. The van der Waals surface area contributed by atoms with Crippen molar-refractivity contribution < 1.29 is 14.7 Å². The van der Waals surface area contributed by atoms with Crippen molar-refractivity contribution in [1.82, 2.24) is 4.98 Å². The van der Waals surface area contributed by atoms with Crippen LogP contribution in [0.15, 0.2) is 23.5 Å². The van der Waals surface area contributed by atoms with E-state index >= 15 is 0 Å². The van der Waals surface area contributed by atoms with E-state index in [1.54, 1.807) is 12.1 Å². The molecule has 102 valence electrons. The molecule has 1 fully saturated rings. The van der Waals surface area contributed by atoms with Crippen LogP contribution in [-0.4, -0.2) is 29.0 Å². The number of oxime groups is 1. The molecule has 1 aliphatic carbocycles. The van der Waals surface area contributed by atoms with Gasteiger partial charge >= 0.3 is 0 Å². The molecule has 1 aliphatic rings. The van der Waals surface area contributed by atoms with Gasteiger partial charge < -0.3 is 21.0 Å². The lowest BCUT2D eigenvalue weighted by Crippen LogP contribution is -2.51. The summed E-state index contributed by atoms with van der Waals surface area (Å²) in [6.07, 6.45) is 3.54. The highest BCUT2D eigenvalue weighted by atomic mass is 16.5. The van der Waals surface area contributed by atoms with Crippen LogP contribution in [0.4, 0.5) is 5.69 Å². The summed E-state index contributed by atoms with van der Waals surface area (Å²) in [5.74, 6) is 0.145. The van der Waals surface area contributed by atoms with E-state index in [1.165, 1.54) is 13.3 Å². The Morgan fingerprint density at radius 1 is 1.58 bits per heavy atom. The van der Waals surface area contributed by atoms with Crippen molar-refractivity contribution in [2.75, 3.05) is 12.4 Å². The third-order valence-corrected chi connectivity index (χ3v) is 3.44. The van der Waals surface area contributed by atoms with Crippen LogP contribution in [0.5, 0.6) is 5.88 Å². The van der Waals surface area contributed by atoms with E-state index < -0.39 is 5.41 Å². The highest BCUT2D eigenvalue weighted by Gasteiger charge is 2.48. The minimum Gasteiger partial charge on any atom is -0.481 e. The van der Waals surface area contributed by atoms with Crippen LogP contribution in [0.3, 0.4) is 0 Å². The molecular weight excluding hydrogens is 248 g/mol. The van der Waals surface area contributed by atoms with E-state index in [1.807, 2.05) is 0 Å². The van der Waals surface area contributed by atoms with Gasteiger partial charge in [0, 0.05) is 6.07 Å². The number of ether oxygens (including phenoxy) is 1. The van der Waals surface area contributed by atoms with Crippen LogP contribution >= 0.6 is 0 Å². The van der Waals surface area contributed by atoms with E-state index in [9.17, 15) is 4.79 Å². The fourth-order valence-corrected chi connectivity index (χ4v) is 2.05. The zero-order chi connectivity index (χ0) is 13.9. The van der Waals surface area contributed by atoms with Gasteiger partial charge in [0.2, 0.25) is 11.8 Å².